The third-order valence-corrected chi connectivity index (χ3v) is 5.17. The van der Waals surface area contributed by atoms with E-state index in [1.165, 1.54) is 11.3 Å². The zero-order valence-electron chi connectivity index (χ0n) is 10.5. The average Bonchev–Trinajstić information content (AvgIpc) is 2.75. The Morgan fingerprint density at radius 2 is 2.11 bits per heavy atom. The fourth-order valence-corrected chi connectivity index (χ4v) is 3.92. The Hall–Kier alpha value is -1.67. The van der Waals surface area contributed by atoms with Crippen LogP contribution in [0, 0.1) is 6.92 Å². The molecule has 8 heteroatoms. The normalized spacial score (nSPS) is 11.5. The smallest absolute Gasteiger partial charge is 0.266 e. The van der Waals surface area contributed by atoms with Gasteiger partial charge in [-0.3, -0.25) is 4.72 Å². The number of nitrogens with zero attached hydrogens (tertiary/aromatic N) is 2. The minimum Gasteiger partial charge on any atom is -0.398 e. The van der Waals surface area contributed by atoms with Gasteiger partial charge in [0.05, 0.1) is 5.69 Å². The Morgan fingerprint density at radius 1 is 1.37 bits per heavy atom. The van der Waals surface area contributed by atoms with Crippen LogP contribution in [0.5, 0.6) is 0 Å². The standard InChI is InChI=1S/C11H14N4O2S2/c1-3-9-13-14-11(18-9)15-19(16,17)10-7(2)5-4-6-8(10)12/h4-6H,3,12H2,1-2H3,(H,14,15). The van der Waals surface area contributed by atoms with Crippen LogP contribution in [0.3, 0.4) is 0 Å². The van der Waals surface area contributed by atoms with E-state index in [4.69, 9.17) is 5.73 Å². The van der Waals surface area contributed by atoms with Crippen LogP contribution in [0.2, 0.25) is 0 Å². The topological polar surface area (TPSA) is 98.0 Å². The lowest BCUT2D eigenvalue weighted by Crippen LogP contribution is -2.16. The van der Waals surface area contributed by atoms with Crippen molar-refractivity contribution in [3.8, 4) is 0 Å². The van der Waals surface area contributed by atoms with E-state index < -0.39 is 10.0 Å². The van der Waals surface area contributed by atoms with Crippen LogP contribution in [0.15, 0.2) is 23.1 Å². The third-order valence-electron chi connectivity index (χ3n) is 2.50. The van der Waals surface area contributed by atoms with E-state index >= 15 is 0 Å². The molecule has 0 aliphatic heterocycles. The summed E-state index contributed by atoms with van der Waals surface area (Å²) in [6, 6.07) is 4.96. The number of aromatic nitrogens is 2. The van der Waals surface area contributed by atoms with Crippen molar-refractivity contribution in [3.05, 3.63) is 28.8 Å². The number of aryl methyl sites for hydroxylation is 2. The van der Waals surface area contributed by atoms with Gasteiger partial charge in [0.25, 0.3) is 10.0 Å². The molecule has 0 aliphatic carbocycles. The molecule has 2 rings (SSSR count). The molecule has 102 valence electrons. The minimum atomic E-state index is -3.74. The second-order valence-electron chi connectivity index (χ2n) is 3.95. The number of benzene rings is 1. The van der Waals surface area contributed by atoms with Crippen LogP contribution in [0.25, 0.3) is 0 Å². The first-order chi connectivity index (χ1) is 8.94. The largest absolute Gasteiger partial charge is 0.398 e. The quantitative estimate of drug-likeness (QED) is 0.839. The molecular formula is C11H14N4O2S2. The maximum absolute atomic E-state index is 12.3. The molecule has 1 aromatic carbocycles. The van der Waals surface area contributed by atoms with Gasteiger partial charge < -0.3 is 5.73 Å². The van der Waals surface area contributed by atoms with E-state index in [0.717, 1.165) is 5.01 Å². The number of hydrogen-bond donors (Lipinski definition) is 2. The molecule has 2 aromatic rings. The van der Waals surface area contributed by atoms with Crippen molar-refractivity contribution in [2.75, 3.05) is 10.5 Å². The van der Waals surface area contributed by atoms with E-state index in [9.17, 15) is 8.42 Å². The van der Waals surface area contributed by atoms with Gasteiger partial charge in [-0.25, -0.2) is 8.42 Å². The van der Waals surface area contributed by atoms with E-state index in [1.54, 1.807) is 25.1 Å². The molecule has 0 spiro atoms. The van der Waals surface area contributed by atoms with Crippen LogP contribution in [-0.4, -0.2) is 18.6 Å². The summed E-state index contributed by atoms with van der Waals surface area (Å²) in [6.45, 7) is 3.63. The number of nitrogen functional groups attached to an aromatic ring is 1. The van der Waals surface area contributed by atoms with Gasteiger partial charge in [-0.1, -0.05) is 30.4 Å². The Morgan fingerprint density at radius 3 is 2.68 bits per heavy atom. The highest BCUT2D eigenvalue weighted by Crippen LogP contribution is 2.26. The predicted octanol–water partition coefficient (Wildman–Crippen LogP) is 1.79. The van der Waals surface area contributed by atoms with E-state index in [-0.39, 0.29) is 15.7 Å². The number of hydrogen-bond acceptors (Lipinski definition) is 6. The number of rotatable bonds is 4. The number of anilines is 2. The zero-order chi connectivity index (χ0) is 14.0. The van der Waals surface area contributed by atoms with E-state index in [1.807, 2.05) is 6.92 Å². The molecule has 0 radical (unpaired) electrons. The van der Waals surface area contributed by atoms with Crippen LogP contribution in [-0.2, 0) is 16.4 Å². The molecule has 3 N–H and O–H groups in total. The Balaban J connectivity index is 2.38. The van der Waals surface area contributed by atoms with Crippen molar-refractivity contribution in [1.29, 1.82) is 0 Å². The van der Waals surface area contributed by atoms with Crippen molar-refractivity contribution in [3.63, 3.8) is 0 Å². The number of sulfonamides is 1. The molecule has 1 heterocycles. The summed E-state index contributed by atoms with van der Waals surface area (Å²) in [5, 5.41) is 8.69. The average molecular weight is 298 g/mol. The zero-order valence-corrected chi connectivity index (χ0v) is 12.2. The van der Waals surface area contributed by atoms with Crippen LogP contribution < -0.4 is 10.5 Å². The van der Waals surface area contributed by atoms with E-state index in [2.05, 4.69) is 14.9 Å². The highest BCUT2D eigenvalue weighted by atomic mass is 32.2. The summed E-state index contributed by atoms with van der Waals surface area (Å²) in [5.74, 6) is 0. The van der Waals surface area contributed by atoms with Gasteiger partial charge in [0, 0.05) is 0 Å². The van der Waals surface area contributed by atoms with Crippen molar-refractivity contribution in [1.82, 2.24) is 10.2 Å². The SMILES string of the molecule is CCc1nnc(NS(=O)(=O)c2c(C)cccc2N)s1. The van der Waals surface area contributed by atoms with Gasteiger partial charge in [-0.05, 0) is 25.0 Å². The molecule has 19 heavy (non-hydrogen) atoms. The lowest BCUT2D eigenvalue weighted by Gasteiger charge is -2.10. The monoisotopic (exact) mass is 298 g/mol. The van der Waals surface area contributed by atoms with Crippen LogP contribution in [0.1, 0.15) is 17.5 Å². The van der Waals surface area contributed by atoms with Crippen LogP contribution in [0.4, 0.5) is 10.8 Å². The highest BCUT2D eigenvalue weighted by Gasteiger charge is 2.21. The maximum Gasteiger partial charge on any atom is 0.266 e. The second kappa shape index (κ2) is 5.14. The highest BCUT2D eigenvalue weighted by molar-refractivity contribution is 7.93. The molecule has 0 saturated heterocycles. The molecule has 0 atom stereocenters. The second-order valence-corrected chi connectivity index (χ2v) is 6.63. The summed E-state index contributed by atoms with van der Waals surface area (Å²) in [4.78, 5) is 0.0863. The van der Waals surface area contributed by atoms with Crippen molar-refractivity contribution in [2.24, 2.45) is 0 Å². The lowest BCUT2D eigenvalue weighted by molar-refractivity contribution is 0.601. The Labute approximate surface area is 115 Å². The van der Waals surface area contributed by atoms with Crippen molar-refractivity contribution >= 4 is 32.2 Å². The van der Waals surface area contributed by atoms with Gasteiger partial charge in [-0.2, -0.15) is 0 Å². The predicted molar refractivity (Wildman–Crippen MR) is 75.7 cm³/mol. The third kappa shape index (κ3) is 2.85. The van der Waals surface area contributed by atoms with Crippen molar-refractivity contribution in [2.45, 2.75) is 25.2 Å². The van der Waals surface area contributed by atoms with Gasteiger partial charge >= 0.3 is 0 Å². The summed E-state index contributed by atoms with van der Waals surface area (Å²) < 4.78 is 27.0. The maximum atomic E-state index is 12.3. The van der Waals surface area contributed by atoms with Crippen molar-refractivity contribution < 1.29 is 8.42 Å². The van der Waals surface area contributed by atoms with Crippen LogP contribution >= 0.6 is 11.3 Å². The number of nitrogens with one attached hydrogen (secondary N) is 1. The Kier molecular flexibility index (Phi) is 3.72. The molecule has 6 nitrogen and oxygen atoms in total. The summed E-state index contributed by atoms with van der Waals surface area (Å²) in [7, 11) is -3.74. The van der Waals surface area contributed by atoms with E-state index in [0.29, 0.717) is 12.0 Å². The first kappa shape index (κ1) is 13.8. The van der Waals surface area contributed by atoms with Gasteiger partial charge in [0.2, 0.25) is 5.13 Å². The molecule has 0 unspecified atom stereocenters. The van der Waals surface area contributed by atoms with Gasteiger partial charge in [-0.15, -0.1) is 10.2 Å². The molecule has 0 aliphatic rings. The van der Waals surface area contributed by atoms with Gasteiger partial charge in [0.1, 0.15) is 9.90 Å². The first-order valence-corrected chi connectivity index (χ1v) is 7.94. The fourth-order valence-electron chi connectivity index (χ4n) is 1.65. The summed E-state index contributed by atoms with van der Waals surface area (Å²) in [6.07, 6.45) is 0.714. The summed E-state index contributed by atoms with van der Waals surface area (Å²) >= 11 is 1.21. The lowest BCUT2D eigenvalue weighted by atomic mass is 10.2. The molecular weight excluding hydrogens is 284 g/mol. The molecule has 0 saturated carbocycles. The molecule has 0 amide bonds. The molecule has 0 fully saturated rings. The first-order valence-electron chi connectivity index (χ1n) is 5.64. The molecule has 0 bridgehead atoms. The van der Waals surface area contributed by atoms with Gasteiger partial charge in [0.15, 0.2) is 0 Å². The fraction of sp³-hybridized carbons (Fsp3) is 0.273. The molecule has 1 aromatic heterocycles. The summed E-state index contributed by atoms with van der Waals surface area (Å²) in [5.41, 5.74) is 6.55. The minimum absolute atomic E-state index is 0.0863. The number of nitrogens with two attached hydrogens (primary N) is 1. The Bertz CT molecular complexity index is 674.